The Balaban J connectivity index is 2.18. The minimum Gasteiger partial charge on any atom is -0.497 e. The Hall–Kier alpha value is -1.55. The lowest BCUT2D eigenvalue weighted by molar-refractivity contribution is -0.145. The lowest BCUT2D eigenvalue weighted by atomic mass is 9.98. The average molecular weight is 366 g/mol. The van der Waals surface area contributed by atoms with Crippen molar-refractivity contribution >= 4 is 32.7 Å². The van der Waals surface area contributed by atoms with Gasteiger partial charge in [-0.1, -0.05) is 40.2 Å². The lowest BCUT2D eigenvalue weighted by Gasteiger charge is -2.13. The number of benzene rings is 2. The van der Waals surface area contributed by atoms with Gasteiger partial charge in [-0.25, -0.2) is 0 Å². The van der Waals surface area contributed by atoms with Crippen LogP contribution in [0.3, 0.4) is 0 Å². The number of esters is 1. The average Bonchev–Trinajstić information content (AvgIpc) is 2.57. The maximum atomic E-state index is 12.2. The van der Waals surface area contributed by atoms with Crippen LogP contribution in [0.2, 0.25) is 0 Å². The molecule has 0 aliphatic heterocycles. The Morgan fingerprint density at radius 3 is 2.68 bits per heavy atom. The predicted octanol–water partition coefficient (Wildman–Crippen LogP) is 4.67. The molecule has 1 atom stereocenters. The number of hydrogen-bond acceptors (Lipinski definition) is 3. The fraction of sp³-hybridized carbons (Fsp3) is 0.389. The number of halogens is 1. The van der Waals surface area contributed by atoms with Gasteiger partial charge < -0.3 is 9.47 Å². The van der Waals surface area contributed by atoms with E-state index in [4.69, 9.17) is 10.8 Å². The number of hydrogen-bond donors (Lipinski definition) is 0. The van der Waals surface area contributed by atoms with Gasteiger partial charge in [-0.3, -0.25) is 4.79 Å². The molecule has 2 aromatic carbocycles. The fourth-order valence-corrected chi connectivity index (χ4v) is 2.57. The predicted molar refractivity (Wildman–Crippen MR) is 92.9 cm³/mol. The number of carbonyl (C=O) groups excluding carboxylic acids is 1. The van der Waals surface area contributed by atoms with Gasteiger partial charge in [-0.05, 0) is 48.2 Å². The second kappa shape index (κ2) is 8.18. The van der Waals surface area contributed by atoms with Crippen molar-refractivity contribution in [2.45, 2.75) is 25.7 Å². The minimum absolute atomic E-state index is 0.351. The van der Waals surface area contributed by atoms with Crippen LogP contribution in [0.15, 0.2) is 36.4 Å². The zero-order chi connectivity index (χ0) is 16.9. The second-order valence-electron chi connectivity index (χ2n) is 5.08. The van der Waals surface area contributed by atoms with Crippen LogP contribution in [0.5, 0.6) is 5.75 Å². The number of rotatable bonds is 7. The van der Waals surface area contributed by atoms with E-state index >= 15 is 0 Å². The van der Waals surface area contributed by atoms with Gasteiger partial charge >= 0.3 is 5.97 Å². The number of carbonyl (C=O) groups is 1. The van der Waals surface area contributed by atoms with Gasteiger partial charge in [0.1, 0.15) is 5.75 Å². The van der Waals surface area contributed by atoms with E-state index in [1.165, 1.54) is 0 Å². The van der Waals surface area contributed by atoms with Crippen LogP contribution < -0.4 is 4.74 Å². The summed E-state index contributed by atoms with van der Waals surface area (Å²) in [6.07, 6.45) is 1.74. The Labute approximate surface area is 141 Å². The van der Waals surface area contributed by atoms with Crippen LogP contribution in [0.25, 0.3) is 10.8 Å². The summed E-state index contributed by atoms with van der Waals surface area (Å²) in [6, 6.07) is 11.3. The highest BCUT2D eigenvalue weighted by atomic mass is 79.9. The lowest BCUT2D eigenvalue weighted by Crippen LogP contribution is -2.14. The van der Waals surface area contributed by atoms with E-state index in [-0.39, 0.29) is 0 Å². The molecule has 118 valence electrons. The van der Waals surface area contributed by atoms with E-state index in [1.54, 1.807) is 20.1 Å². The SMILES string of the molecule is [2H]C(C)(C(=O)OCCCCBr)c1ccc2cc(OC)ccc2c1. The maximum absolute atomic E-state index is 12.2. The molecule has 4 heteroatoms. The molecule has 22 heavy (non-hydrogen) atoms. The molecule has 0 amide bonds. The standard InChI is InChI=1S/C18H21BrO3/c1-13(18(20)22-10-4-3-9-19)14-5-6-16-12-17(21-2)8-7-15(16)11-14/h5-8,11-13H,3-4,9-10H2,1-2H3/i13D. The summed E-state index contributed by atoms with van der Waals surface area (Å²) >= 11 is 3.34. The molecule has 0 radical (unpaired) electrons. The number of fused-ring (bicyclic) bond motifs is 1. The summed E-state index contributed by atoms with van der Waals surface area (Å²) in [4.78, 5) is 12.2. The number of alkyl halides is 1. The van der Waals surface area contributed by atoms with Crippen molar-refractivity contribution in [3.8, 4) is 5.75 Å². The second-order valence-corrected chi connectivity index (χ2v) is 5.88. The number of ether oxygens (including phenoxy) is 2. The first-order chi connectivity index (χ1) is 11.0. The molecule has 2 aromatic rings. The van der Waals surface area contributed by atoms with E-state index in [2.05, 4.69) is 15.9 Å². The first-order valence-electron chi connectivity index (χ1n) is 7.80. The smallest absolute Gasteiger partial charge is 0.313 e. The molecular weight excluding hydrogens is 344 g/mol. The molecule has 2 rings (SSSR count). The molecule has 0 heterocycles. The molecule has 3 nitrogen and oxygen atoms in total. The van der Waals surface area contributed by atoms with Gasteiger partial charge in [0.2, 0.25) is 0 Å². The summed E-state index contributed by atoms with van der Waals surface area (Å²) in [5, 5.41) is 2.86. The van der Waals surface area contributed by atoms with Crippen molar-refractivity contribution in [3.05, 3.63) is 42.0 Å². The Morgan fingerprint density at radius 2 is 1.95 bits per heavy atom. The van der Waals surface area contributed by atoms with Crippen LogP contribution in [0.4, 0.5) is 0 Å². The fourth-order valence-electron chi connectivity index (χ4n) is 2.17. The minimum atomic E-state index is -1.41. The maximum Gasteiger partial charge on any atom is 0.313 e. The molecule has 1 unspecified atom stereocenters. The third-order valence-corrected chi connectivity index (χ3v) is 4.11. The molecule has 0 N–H and O–H groups in total. The van der Waals surface area contributed by atoms with E-state index in [0.29, 0.717) is 12.2 Å². The van der Waals surface area contributed by atoms with Gasteiger partial charge in [0.15, 0.2) is 0 Å². The van der Waals surface area contributed by atoms with Crippen molar-refractivity contribution in [1.82, 2.24) is 0 Å². The molecule has 0 fully saturated rings. The highest BCUT2D eigenvalue weighted by Gasteiger charge is 2.17. The zero-order valence-corrected chi connectivity index (χ0v) is 14.5. The van der Waals surface area contributed by atoms with Crippen molar-refractivity contribution in [2.24, 2.45) is 0 Å². The normalized spacial score (nSPS) is 14.2. The highest BCUT2D eigenvalue weighted by Crippen LogP contribution is 2.25. The van der Waals surface area contributed by atoms with E-state index in [0.717, 1.165) is 34.7 Å². The van der Waals surface area contributed by atoms with Crippen molar-refractivity contribution in [3.63, 3.8) is 0 Å². The van der Waals surface area contributed by atoms with Crippen LogP contribution in [-0.2, 0) is 9.53 Å². The Morgan fingerprint density at radius 1 is 1.23 bits per heavy atom. The topological polar surface area (TPSA) is 35.5 Å². The summed E-state index contributed by atoms with van der Waals surface area (Å²) in [5.74, 6) is -1.15. The van der Waals surface area contributed by atoms with Crippen LogP contribution in [-0.4, -0.2) is 25.0 Å². The quantitative estimate of drug-likeness (QED) is 0.406. The molecule has 0 aliphatic carbocycles. The molecule has 0 aromatic heterocycles. The van der Waals surface area contributed by atoms with Gasteiger partial charge in [0.05, 0.1) is 19.6 Å². The molecule has 0 saturated carbocycles. The monoisotopic (exact) mass is 365 g/mol. The van der Waals surface area contributed by atoms with Gasteiger partial charge in [-0.2, -0.15) is 0 Å². The van der Waals surface area contributed by atoms with Crippen LogP contribution >= 0.6 is 15.9 Å². The van der Waals surface area contributed by atoms with Gasteiger partial charge in [-0.15, -0.1) is 0 Å². The summed E-state index contributed by atoms with van der Waals surface area (Å²) in [7, 11) is 1.63. The largest absolute Gasteiger partial charge is 0.497 e. The summed E-state index contributed by atoms with van der Waals surface area (Å²) in [5.41, 5.74) is 0.626. The number of unbranched alkanes of at least 4 members (excludes halogenated alkanes) is 1. The van der Waals surface area contributed by atoms with Gasteiger partial charge in [0.25, 0.3) is 0 Å². The Kier molecular flexibility index (Phi) is 5.71. The van der Waals surface area contributed by atoms with Gasteiger partial charge in [0, 0.05) is 6.70 Å². The van der Waals surface area contributed by atoms with E-state index in [9.17, 15) is 4.79 Å². The van der Waals surface area contributed by atoms with Crippen molar-refractivity contribution in [1.29, 1.82) is 0 Å². The van der Waals surface area contributed by atoms with Crippen LogP contribution in [0.1, 0.15) is 32.6 Å². The molecule has 0 bridgehead atoms. The highest BCUT2D eigenvalue weighted by molar-refractivity contribution is 9.09. The van der Waals surface area contributed by atoms with Crippen molar-refractivity contribution in [2.75, 3.05) is 19.0 Å². The first kappa shape index (κ1) is 15.3. The molecule has 0 saturated heterocycles. The molecule has 0 spiro atoms. The zero-order valence-electron chi connectivity index (χ0n) is 13.9. The van der Waals surface area contributed by atoms with Crippen LogP contribution in [0, 0.1) is 0 Å². The third-order valence-electron chi connectivity index (χ3n) is 3.55. The Bertz CT molecular complexity index is 685. The van der Waals surface area contributed by atoms with E-state index in [1.807, 2.05) is 30.3 Å². The van der Waals surface area contributed by atoms with E-state index < -0.39 is 11.9 Å². The molecule has 0 aliphatic rings. The first-order valence-corrected chi connectivity index (χ1v) is 8.42. The molecular formula is C18H21BrO3. The summed E-state index contributed by atoms with van der Waals surface area (Å²) in [6.45, 7) is 1.92. The third kappa shape index (κ3) is 4.23. The summed E-state index contributed by atoms with van der Waals surface area (Å²) < 4.78 is 18.9. The number of methoxy groups -OCH3 is 1. The van der Waals surface area contributed by atoms with Crippen molar-refractivity contribution < 1.29 is 15.6 Å².